The maximum Gasteiger partial charge on any atom is 0.315 e. The third-order valence-corrected chi connectivity index (χ3v) is 5.13. The first-order valence-corrected chi connectivity index (χ1v) is 10.1. The Kier molecular flexibility index (Phi) is 5.98. The monoisotopic (exact) mass is 454 g/mol. The van der Waals surface area contributed by atoms with E-state index in [4.69, 9.17) is 37.1 Å². The molecule has 1 aromatic heterocycles. The number of rotatable bonds is 5. The van der Waals surface area contributed by atoms with E-state index in [1.54, 1.807) is 67.8 Å². The summed E-state index contributed by atoms with van der Waals surface area (Å²) in [7, 11) is 1.56. The zero-order chi connectivity index (χ0) is 22.0. The van der Waals surface area contributed by atoms with Crippen LogP contribution in [0.3, 0.4) is 0 Å². The van der Waals surface area contributed by atoms with Crippen molar-refractivity contribution in [1.82, 2.24) is 0 Å². The molecule has 0 bridgehead atoms. The standard InChI is InChI=1S/C24H16Cl2O5/c1-29-18-9-2-14(3-10-18)12-21(27)31-24-22(28)19-13-17(26)8-11-20(19)30-23(24)15-4-6-16(25)7-5-15/h2-11,13H,12H2,1H3. The summed E-state index contributed by atoms with van der Waals surface area (Å²) in [5, 5.41) is 1.11. The Morgan fingerprint density at radius 3 is 2.29 bits per heavy atom. The number of ether oxygens (including phenoxy) is 2. The van der Waals surface area contributed by atoms with Crippen molar-refractivity contribution >= 4 is 40.1 Å². The topological polar surface area (TPSA) is 65.7 Å². The van der Waals surface area contributed by atoms with Gasteiger partial charge in [-0.15, -0.1) is 0 Å². The summed E-state index contributed by atoms with van der Waals surface area (Å²) in [6, 6.07) is 18.4. The highest BCUT2D eigenvalue weighted by Crippen LogP contribution is 2.32. The zero-order valence-electron chi connectivity index (χ0n) is 16.4. The molecule has 4 aromatic rings. The van der Waals surface area contributed by atoms with Crippen molar-refractivity contribution in [2.75, 3.05) is 7.11 Å². The van der Waals surface area contributed by atoms with Crippen LogP contribution in [0.4, 0.5) is 0 Å². The van der Waals surface area contributed by atoms with Crippen LogP contribution in [0.5, 0.6) is 11.5 Å². The minimum absolute atomic E-state index is 0.0307. The van der Waals surface area contributed by atoms with E-state index in [1.165, 1.54) is 6.07 Å². The van der Waals surface area contributed by atoms with Crippen LogP contribution in [0.15, 0.2) is 75.9 Å². The van der Waals surface area contributed by atoms with Crippen molar-refractivity contribution in [2.45, 2.75) is 6.42 Å². The van der Waals surface area contributed by atoms with Gasteiger partial charge in [-0.3, -0.25) is 9.59 Å². The molecule has 31 heavy (non-hydrogen) atoms. The molecule has 3 aromatic carbocycles. The van der Waals surface area contributed by atoms with Gasteiger partial charge in [0.1, 0.15) is 11.3 Å². The van der Waals surface area contributed by atoms with Crippen LogP contribution in [0.25, 0.3) is 22.3 Å². The number of hydrogen-bond acceptors (Lipinski definition) is 5. The fraction of sp³-hybridized carbons (Fsp3) is 0.0833. The van der Waals surface area contributed by atoms with E-state index in [2.05, 4.69) is 0 Å². The predicted molar refractivity (Wildman–Crippen MR) is 120 cm³/mol. The number of fused-ring (bicyclic) bond motifs is 1. The van der Waals surface area contributed by atoms with Gasteiger partial charge in [-0.05, 0) is 60.2 Å². The van der Waals surface area contributed by atoms with Crippen molar-refractivity contribution in [3.63, 3.8) is 0 Å². The van der Waals surface area contributed by atoms with Gasteiger partial charge in [-0.1, -0.05) is 35.3 Å². The van der Waals surface area contributed by atoms with Crippen LogP contribution in [0.1, 0.15) is 5.56 Å². The molecule has 0 saturated heterocycles. The molecule has 7 heteroatoms. The molecule has 0 N–H and O–H groups in total. The number of methoxy groups -OCH3 is 1. The summed E-state index contributed by atoms with van der Waals surface area (Å²) >= 11 is 12.0. The number of halogens is 2. The highest BCUT2D eigenvalue weighted by atomic mass is 35.5. The third-order valence-electron chi connectivity index (χ3n) is 4.64. The fourth-order valence-electron chi connectivity index (χ4n) is 3.09. The van der Waals surface area contributed by atoms with Crippen molar-refractivity contribution in [1.29, 1.82) is 0 Å². The first-order chi connectivity index (χ1) is 14.9. The van der Waals surface area contributed by atoms with Crippen molar-refractivity contribution in [3.05, 3.63) is 92.6 Å². The number of esters is 1. The summed E-state index contributed by atoms with van der Waals surface area (Å²) < 4.78 is 16.6. The highest BCUT2D eigenvalue weighted by Gasteiger charge is 2.21. The molecular weight excluding hydrogens is 439 g/mol. The Morgan fingerprint density at radius 1 is 0.935 bits per heavy atom. The molecule has 4 rings (SSSR count). The van der Waals surface area contributed by atoms with Crippen LogP contribution >= 0.6 is 23.2 Å². The molecule has 1 heterocycles. The fourth-order valence-corrected chi connectivity index (χ4v) is 3.39. The van der Waals surface area contributed by atoms with Gasteiger partial charge in [0.25, 0.3) is 0 Å². The summed E-state index contributed by atoms with van der Waals surface area (Å²) in [5.74, 6) is 0.0124. The number of carbonyl (C=O) groups is 1. The molecule has 5 nitrogen and oxygen atoms in total. The average molecular weight is 455 g/mol. The lowest BCUT2D eigenvalue weighted by Crippen LogP contribution is -2.18. The van der Waals surface area contributed by atoms with Crippen LogP contribution in [0, 0.1) is 0 Å². The van der Waals surface area contributed by atoms with Crippen molar-refractivity contribution in [2.24, 2.45) is 0 Å². The first-order valence-electron chi connectivity index (χ1n) is 9.30. The SMILES string of the molecule is COc1ccc(CC(=O)Oc2c(-c3ccc(Cl)cc3)oc3ccc(Cl)cc3c2=O)cc1. The van der Waals surface area contributed by atoms with Crippen LogP contribution < -0.4 is 14.9 Å². The Bertz CT molecular complexity index is 1310. The number of carbonyl (C=O) groups excluding carboxylic acids is 1. The van der Waals surface area contributed by atoms with Crippen LogP contribution in [0.2, 0.25) is 10.0 Å². The Hall–Kier alpha value is -3.28. The number of benzene rings is 3. The second-order valence-corrected chi connectivity index (χ2v) is 7.61. The molecular formula is C24H16Cl2O5. The zero-order valence-corrected chi connectivity index (χ0v) is 17.9. The van der Waals surface area contributed by atoms with Gasteiger partial charge in [-0.25, -0.2) is 0 Å². The van der Waals surface area contributed by atoms with E-state index in [-0.39, 0.29) is 23.3 Å². The molecule has 0 aliphatic heterocycles. The lowest BCUT2D eigenvalue weighted by molar-refractivity contribution is -0.133. The molecule has 0 spiro atoms. The molecule has 156 valence electrons. The molecule has 0 radical (unpaired) electrons. The van der Waals surface area contributed by atoms with E-state index >= 15 is 0 Å². The molecule has 0 saturated carbocycles. The van der Waals surface area contributed by atoms with Gasteiger partial charge >= 0.3 is 5.97 Å². The number of hydrogen-bond donors (Lipinski definition) is 0. The maximum absolute atomic E-state index is 13.2. The van der Waals surface area contributed by atoms with Crippen molar-refractivity contribution < 1.29 is 18.7 Å². The summed E-state index contributed by atoms with van der Waals surface area (Å²) in [6.07, 6.45) is -0.0307. The minimum Gasteiger partial charge on any atom is -0.497 e. The second kappa shape index (κ2) is 8.84. The Balaban J connectivity index is 1.75. The minimum atomic E-state index is -0.603. The van der Waals surface area contributed by atoms with Crippen molar-refractivity contribution in [3.8, 4) is 22.8 Å². The predicted octanol–water partition coefficient (Wildman–Crippen LogP) is 5.92. The molecule has 0 atom stereocenters. The maximum atomic E-state index is 13.2. The molecule has 0 aliphatic rings. The lowest BCUT2D eigenvalue weighted by Gasteiger charge is -2.11. The molecule has 0 unspecified atom stereocenters. The third kappa shape index (κ3) is 4.58. The normalized spacial score (nSPS) is 10.8. The first kappa shape index (κ1) is 21.0. The van der Waals surface area contributed by atoms with Crippen LogP contribution in [-0.4, -0.2) is 13.1 Å². The largest absolute Gasteiger partial charge is 0.497 e. The average Bonchev–Trinajstić information content (AvgIpc) is 2.77. The summed E-state index contributed by atoms with van der Waals surface area (Å²) in [4.78, 5) is 25.8. The van der Waals surface area contributed by atoms with E-state index in [1.807, 2.05) is 0 Å². The van der Waals surface area contributed by atoms with E-state index in [0.717, 1.165) is 0 Å². The van der Waals surface area contributed by atoms with Gasteiger partial charge in [-0.2, -0.15) is 0 Å². The summed E-state index contributed by atoms with van der Waals surface area (Å²) in [6.45, 7) is 0. The van der Waals surface area contributed by atoms with Gasteiger partial charge < -0.3 is 13.9 Å². The smallest absolute Gasteiger partial charge is 0.315 e. The Labute approximate surface area is 187 Å². The molecule has 0 aliphatic carbocycles. The van der Waals surface area contributed by atoms with E-state index < -0.39 is 11.4 Å². The second-order valence-electron chi connectivity index (χ2n) is 6.74. The lowest BCUT2D eigenvalue weighted by atomic mass is 10.1. The van der Waals surface area contributed by atoms with E-state index in [0.29, 0.717) is 32.5 Å². The molecule has 0 amide bonds. The van der Waals surface area contributed by atoms with Gasteiger partial charge in [0.2, 0.25) is 11.2 Å². The molecule has 0 fully saturated rings. The Morgan fingerprint density at radius 2 is 1.61 bits per heavy atom. The van der Waals surface area contributed by atoms with E-state index in [9.17, 15) is 9.59 Å². The van der Waals surface area contributed by atoms with Gasteiger partial charge in [0.05, 0.1) is 18.9 Å². The van der Waals surface area contributed by atoms with Gasteiger partial charge in [0.15, 0.2) is 5.76 Å². The van der Waals surface area contributed by atoms with Gasteiger partial charge in [0, 0.05) is 15.6 Å². The summed E-state index contributed by atoms with van der Waals surface area (Å²) in [5.41, 5.74) is 1.10. The highest BCUT2D eigenvalue weighted by molar-refractivity contribution is 6.31. The van der Waals surface area contributed by atoms with Crippen LogP contribution in [-0.2, 0) is 11.2 Å². The quantitative estimate of drug-likeness (QED) is 0.350.